The first-order valence-electron chi connectivity index (χ1n) is 18.7. The lowest BCUT2D eigenvalue weighted by Gasteiger charge is -2.77. The summed E-state index contributed by atoms with van der Waals surface area (Å²) in [6.07, 6.45) is -4.59. The van der Waals surface area contributed by atoms with E-state index in [1.807, 2.05) is 20.8 Å². The van der Waals surface area contributed by atoms with Crippen molar-refractivity contribution in [3.63, 3.8) is 0 Å². The highest BCUT2D eigenvalue weighted by molar-refractivity contribution is 5.93. The zero-order valence-corrected chi connectivity index (χ0v) is 31.9. The molecule has 54 heavy (non-hydrogen) atoms. The summed E-state index contributed by atoms with van der Waals surface area (Å²) < 4.78 is 55.6. The summed E-state index contributed by atoms with van der Waals surface area (Å²) in [5, 5.41) is 13.9. The molecule has 4 saturated carbocycles. The SMILES string of the molecule is CCC(=O)OC1C2(O)C(OC(=O)C(C)C)C3(C)CC24OC2(C)OC15C1CC(=O)OC(C6=CC(OC(C)=O)OC6=O)C1(C)CCC5(O2)C4(C)C3CC(=O)OC. The van der Waals surface area contributed by atoms with E-state index in [9.17, 15) is 33.9 Å². The minimum Gasteiger partial charge on any atom is -0.469 e. The molecule has 8 aliphatic rings. The minimum atomic E-state index is -2.33. The van der Waals surface area contributed by atoms with E-state index >= 15 is 0 Å². The van der Waals surface area contributed by atoms with Crippen molar-refractivity contribution in [3.8, 4) is 0 Å². The quantitative estimate of drug-likeness (QED) is 0.278. The average molecular weight is 761 g/mol. The van der Waals surface area contributed by atoms with Gasteiger partial charge in [0.25, 0.3) is 12.3 Å². The first-order valence-corrected chi connectivity index (χ1v) is 18.7. The van der Waals surface area contributed by atoms with Crippen molar-refractivity contribution in [1.82, 2.24) is 0 Å². The number of ether oxygens (including phenoxy) is 9. The summed E-state index contributed by atoms with van der Waals surface area (Å²) in [7, 11) is 1.27. The second kappa shape index (κ2) is 11.0. The van der Waals surface area contributed by atoms with Crippen LogP contribution in [0.4, 0.5) is 0 Å². The first-order chi connectivity index (χ1) is 25.1. The highest BCUT2D eigenvalue weighted by Gasteiger charge is 3.04. The van der Waals surface area contributed by atoms with Gasteiger partial charge in [0, 0.05) is 54.9 Å². The van der Waals surface area contributed by atoms with Gasteiger partial charge < -0.3 is 47.7 Å². The smallest absolute Gasteiger partial charge is 0.341 e. The largest absolute Gasteiger partial charge is 0.469 e. The summed E-state index contributed by atoms with van der Waals surface area (Å²) in [4.78, 5) is 79.9. The van der Waals surface area contributed by atoms with Crippen molar-refractivity contribution in [2.45, 2.75) is 147 Å². The molecule has 8 rings (SSSR count). The van der Waals surface area contributed by atoms with Crippen LogP contribution in [0.5, 0.6) is 0 Å². The molecule has 2 spiro atoms. The van der Waals surface area contributed by atoms with Gasteiger partial charge >= 0.3 is 35.8 Å². The van der Waals surface area contributed by atoms with Crippen LogP contribution in [0.15, 0.2) is 11.6 Å². The van der Waals surface area contributed by atoms with Crippen molar-refractivity contribution in [2.75, 3.05) is 7.11 Å². The number of carbonyl (C=O) groups excluding carboxylic acids is 6. The molecule has 4 aliphatic carbocycles. The van der Waals surface area contributed by atoms with Crippen LogP contribution in [-0.4, -0.2) is 101 Å². The van der Waals surface area contributed by atoms with Gasteiger partial charge in [-0.05, 0) is 25.2 Å². The summed E-state index contributed by atoms with van der Waals surface area (Å²) in [5.41, 5.74) is -11.2. The van der Waals surface area contributed by atoms with Gasteiger partial charge in [-0.1, -0.05) is 41.5 Å². The molecule has 16 heteroatoms. The number of aliphatic hydroxyl groups is 1. The van der Waals surface area contributed by atoms with Crippen molar-refractivity contribution in [3.05, 3.63) is 11.6 Å². The maximum atomic E-state index is 14.0. The number of esters is 6. The van der Waals surface area contributed by atoms with Crippen LogP contribution in [0, 0.1) is 34.0 Å². The molecule has 14 unspecified atom stereocenters. The van der Waals surface area contributed by atoms with Crippen LogP contribution in [0.1, 0.15) is 93.9 Å². The number of methoxy groups -OCH3 is 1. The van der Waals surface area contributed by atoms with Gasteiger partial charge in [-0.15, -0.1) is 0 Å². The van der Waals surface area contributed by atoms with Gasteiger partial charge in [0.15, 0.2) is 11.7 Å². The topological polar surface area (TPSA) is 206 Å². The molecule has 3 saturated heterocycles. The second-order valence-electron chi connectivity index (χ2n) is 17.5. The number of carbonyl (C=O) groups is 6. The molecule has 7 fully saturated rings. The lowest BCUT2D eigenvalue weighted by molar-refractivity contribution is -0.478. The molecule has 0 aromatic carbocycles. The Morgan fingerprint density at radius 1 is 0.907 bits per heavy atom. The molecule has 4 aliphatic heterocycles. The second-order valence-corrected chi connectivity index (χ2v) is 17.5. The fraction of sp³-hybridized carbons (Fsp3) is 0.789. The molecule has 0 aromatic heterocycles. The highest BCUT2D eigenvalue weighted by Crippen LogP contribution is 2.89. The van der Waals surface area contributed by atoms with Crippen LogP contribution < -0.4 is 0 Å². The molecule has 0 aromatic rings. The van der Waals surface area contributed by atoms with Crippen LogP contribution in [0.2, 0.25) is 0 Å². The fourth-order valence-corrected chi connectivity index (χ4v) is 12.9. The van der Waals surface area contributed by atoms with E-state index in [1.54, 1.807) is 27.7 Å². The number of rotatable bonds is 8. The first kappa shape index (κ1) is 37.3. The Labute approximate surface area is 311 Å². The maximum absolute atomic E-state index is 14.0. The van der Waals surface area contributed by atoms with Crippen molar-refractivity contribution in [1.29, 1.82) is 0 Å². The van der Waals surface area contributed by atoms with E-state index in [1.165, 1.54) is 13.2 Å². The normalized spacial score (nSPS) is 50.1. The van der Waals surface area contributed by atoms with Gasteiger partial charge in [-0.25, -0.2) is 4.79 Å². The molecule has 0 radical (unpaired) electrons. The Morgan fingerprint density at radius 3 is 2.22 bits per heavy atom. The van der Waals surface area contributed by atoms with E-state index in [4.69, 9.17) is 42.6 Å². The van der Waals surface area contributed by atoms with Gasteiger partial charge in [0.2, 0.25) is 0 Å². The number of hydrogen-bond acceptors (Lipinski definition) is 16. The van der Waals surface area contributed by atoms with Crippen molar-refractivity contribution >= 4 is 35.8 Å². The molecule has 16 nitrogen and oxygen atoms in total. The van der Waals surface area contributed by atoms with Gasteiger partial charge in [0.1, 0.15) is 29.0 Å². The van der Waals surface area contributed by atoms with Crippen LogP contribution >= 0.6 is 0 Å². The lowest BCUT2D eigenvalue weighted by atomic mass is 9.33. The molecule has 296 valence electrons. The van der Waals surface area contributed by atoms with Gasteiger partial charge in [-0.3, -0.25) is 24.0 Å². The molecular weight excluding hydrogens is 712 g/mol. The Kier molecular flexibility index (Phi) is 7.63. The number of hydrogen-bond donors (Lipinski definition) is 1. The van der Waals surface area contributed by atoms with E-state index in [2.05, 4.69) is 0 Å². The van der Waals surface area contributed by atoms with Crippen LogP contribution in [0.25, 0.3) is 0 Å². The molecule has 4 bridgehead atoms. The fourth-order valence-electron chi connectivity index (χ4n) is 12.9. The summed E-state index contributed by atoms with van der Waals surface area (Å²) in [5.74, 6) is -8.48. The third-order valence-corrected chi connectivity index (χ3v) is 14.7. The molecule has 4 heterocycles. The van der Waals surface area contributed by atoms with E-state index in [0.717, 1.165) is 6.92 Å². The summed E-state index contributed by atoms with van der Waals surface area (Å²) in [6.45, 7) is 13.1. The Hall–Kier alpha value is -3.60. The number of cyclic esters (lactones) is 2. The monoisotopic (exact) mass is 760 g/mol. The summed E-state index contributed by atoms with van der Waals surface area (Å²) >= 11 is 0. The molecule has 0 amide bonds. The third kappa shape index (κ3) is 3.97. The van der Waals surface area contributed by atoms with E-state index in [0.29, 0.717) is 0 Å². The Balaban J connectivity index is 1.41. The minimum absolute atomic E-state index is 0.0555. The average Bonchev–Trinajstić information content (AvgIpc) is 3.68. The van der Waals surface area contributed by atoms with E-state index in [-0.39, 0.29) is 44.1 Å². The predicted molar refractivity (Wildman–Crippen MR) is 176 cm³/mol. The third-order valence-electron chi connectivity index (χ3n) is 14.7. The van der Waals surface area contributed by atoms with Gasteiger partial charge in [-0.2, -0.15) is 0 Å². The zero-order valence-electron chi connectivity index (χ0n) is 31.9. The van der Waals surface area contributed by atoms with Crippen molar-refractivity contribution < 1.29 is 76.5 Å². The maximum Gasteiger partial charge on any atom is 0.341 e. The van der Waals surface area contributed by atoms with Gasteiger partial charge in [0.05, 0.1) is 25.0 Å². The highest BCUT2D eigenvalue weighted by atomic mass is 16.9. The number of fused-ring (bicyclic) bond motifs is 3. The molecular formula is C38H48O16. The Morgan fingerprint density at radius 2 is 1.59 bits per heavy atom. The standard InChI is InChI=1S/C38H48O16/c1-10-22(40)49-30-37(45)29(51-27(43)17(2)3)32(6)16-36(37)33(7,20(32)14-23(41)46-9)35-12-11-31(5)21(38(30,35)54-34(8,52-35)53-36)15-24(42)48-26(31)19-13-25(47-18(4)39)50-28(19)44/h13,17,20-21,25-26,29-30,45H,10-12,14-16H2,1-9H3. The zero-order chi connectivity index (χ0) is 39.4. The predicted octanol–water partition coefficient (Wildman–Crippen LogP) is 2.30. The summed E-state index contributed by atoms with van der Waals surface area (Å²) in [6, 6.07) is 0. The van der Waals surface area contributed by atoms with E-state index < -0.39 is 123 Å². The van der Waals surface area contributed by atoms with Crippen molar-refractivity contribution in [2.24, 2.45) is 34.0 Å². The molecule has 14 atom stereocenters. The van der Waals surface area contributed by atoms with Crippen LogP contribution in [-0.2, 0) is 71.4 Å². The Bertz CT molecular complexity index is 1810. The molecule has 1 N–H and O–H groups in total. The van der Waals surface area contributed by atoms with Crippen LogP contribution in [0.3, 0.4) is 0 Å². The lowest BCUT2D eigenvalue weighted by Crippen LogP contribution is -2.93.